The van der Waals surface area contributed by atoms with Crippen LogP contribution in [0.1, 0.15) is 44.2 Å². The quantitative estimate of drug-likeness (QED) is 0.849. The second-order valence-electron chi connectivity index (χ2n) is 6.60. The molecule has 1 saturated heterocycles. The molecule has 2 fully saturated rings. The van der Waals surface area contributed by atoms with Crippen molar-refractivity contribution in [2.75, 3.05) is 25.1 Å². The fraction of sp³-hybridized carbons (Fsp3) is 0.611. The van der Waals surface area contributed by atoms with Gasteiger partial charge in [-0.25, -0.2) is 0 Å². The van der Waals surface area contributed by atoms with Gasteiger partial charge in [-0.3, -0.25) is 4.79 Å². The van der Waals surface area contributed by atoms with Crippen molar-refractivity contribution in [3.63, 3.8) is 0 Å². The van der Waals surface area contributed by atoms with Crippen molar-refractivity contribution in [3.05, 3.63) is 29.8 Å². The van der Waals surface area contributed by atoms with E-state index >= 15 is 0 Å². The molecule has 2 N–H and O–H groups in total. The number of carbonyl (C=O) groups is 1. The summed E-state index contributed by atoms with van der Waals surface area (Å²) < 4.78 is 5.52. The number of amides is 1. The first-order chi connectivity index (χ1) is 10.7. The number of benzene rings is 1. The molecule has 22 heavy (non-hydrogen) atoms. The molecule has 0 aromatic heterocycles. The van der Waals surface area contributed by atoms with E-state index in [-0.39, 0.29) is 11.8 Å². The van der Waals surface area contributed by atoms with E-state index in [1.807, 2.05) is 12.1 Å². The average Bonchev–Trinajstić information content (AvgIpc) is 3.39. The number of ether oxygens (including phenoxy) is 1. The Morgan fingerprint density at radius 2 is 2.05 bits per heavy atom. The van der Waals surface area contributed by atoms with Crippen LogP contribution < -0.4 is 10.6 Å². The topological polar surface area (TPSA) is 50.4 Å². The van der Waals surface area contributed by atoms with Crippen molar-refractivity contribution in [1.82, 2.24) is 5.32 Å². The first kappa shape index (κ1) is 15.5. The summed E-state index contributed by atoms with van der Waals surface area (Å²) in [6.45, 7) is 4.98. The molecule has 1 saturated carbocycles. The molecule has 4 heteroatoms. The summed E-state index contributed by atoms with van der Waals surface area (Å²) >= 11 is 0. The van der Waals surface area contributed by atoms with Gasteiger partial charge < -0.3 is 15.4 Å². The van der Waals surface area contributed by atoms with Gasteiger partial charge in [0.15, 0.2) is 0 Å². The number of hydrogen-bond acceptors (Lipinski definition) is 3. The fourth-order valence-electron chi connectivity index (χ4n) is 2.87. The van der Waals surface area contributed by atoms with Crippen LogP contribution in [0, 0.1) is 11.8 Å². The molecular formula is C18H26N2O2. The highest BCUT2D eigenvalue weighted by Gasteiger charge is 2.29. The highest BCUT2D eigenvalue weighted by atomic mass is 16.5. The fourth-order valence-corrected chi connectivity index (χ4v) is 2.87. The second-order valence-corrected chi connectivity index (χ2v) is 6.60. The molecule has 4 nitrogen and oxygen atoms in total. The maximum Gasteiger partial charge on any atom is 0.227 e. The minimum absolute atomic E-state index is 0.163. The van der Waals surface area contributed by atoms with Crippen LogP contribution in [0.3, 0.4) is 0 Å². The standard InChI is InChI=1S/C18H26N2O2/c1-13(19-11-14-3-2-10-22-12-14)15-6-8-17(9-7-15)20-18(21)16-4-5-16/h6-9,13-14,16,19H,2-5,10-12H2,1H3,(H,20,21)/t13-,14+/m0/s1. The van der Waals surface area contributed by atoms with E-state index in [1.54, 1.807) is 0 Å². The highest BCUT2D eigenvalue weighted by molar-refractivity contribution is 5.93. The van der Waals surface area contributed by atoms with Crippen LogP contribution in [0.4, 0.5) is 5.69 Å². The molecule has 120 valence electrons. The Morgan fingerprint density at radius 1 is 1.27 bits per heavy atom. The summed E-state index contributed by atoms with van der Waals surface area (Å²) in [6.07, 6.45) is 4.51. The van der Waals surface area contributed by atoms with Crippen molar-refractivity contribution in [2.24, 2.45) is 11.8 Å². The highest BCUT2D eigenvalue weighted by Crippen LogP contribution is 2.30. The van der Waals surface area contributed by atoms with Gasteiger partial charge in [-0.05, 0) is 56.2 Å². The lowest BCUT2D eigenvalue weighted by Crippen LogP contribution is -2.30. The molecule has 1 amide bonds. The Morgan fingerprint density at radius 3 is 2.68 bits per heavy atom. The van der Waals surface area contributed by atoms with E-state index in [0.717, 1.165) is 38.3 Å². The van der Waals surface area contributed by atoms with Crippen molar-refractivity contribution >= 4 is 11.6 Å². The van der Waals surface area contributed by atoms with E-state index < -0.39 is 0 Å². The van der Waals surface area contributed by atoms with Gasteiger partial charge in [0, 0.05) is 30.8 Å². The van der Waals surface area contributed by atoms with Gasteiger partial charge >= 0.3 is 0 Å². The van der Waals surface area contributed by atoms with Crippen LogP contribution in [-0.4, -0.2) is 25.7 Å². The summed E-state index contributed by atoms with van der Waals surface area (Å²) in [4.78, 5) is 11.7. The lowest BCUT2D eigenvalue weighted by atomic mass is 10.0. The number of anilines is 1. The third-order valence-electron chi connectivity index (χ3n) is 4.59. The largest absolute Gasteiger partial charge is 0.381 e. The van der Waals surface area contributed by atoms with E-state index in [0.29, 0.717) is 12.0 Å². The predicted octanol–water partition coefficient (Wildman–Crippen LogP) is 3.11. The van der Waals surface area contributed by atoms with Crippen molar-refractivity contribution in [2.45, 2.75) is 38.6 Å². The SMILES string of the molecule is C[C@H](NC[C@H]1CCCOC1)c1ccc(NC(=O)C2CC2)cc1. The van der Waals surface area contributed by atoms with Gasteiger partial charge in [0.2, 0.25) is 5.91 Å². The summed E-state index contributed by atoms with van der Waals surface area (Å²) in [5.41, 5.74) is 2.15. The Hall–Kier alpha value is -1.39. The van der Waals surface area contributed by atoms with Gasteiger partial charge in [0.1, 0.15) is 0 Å². The predicted molar refractivity (Wildman–Crippen MR) is 87.8 cm³/mol. The lowest BCUT2D eigenvalue weighted by Gasteiger charge is -2.24. The third kappa shape index (κ3) is 4.31. The van der Waals surface area contributed by atoms with Crippen LogP contribution in [-0.2, 0) is 9.53 Å². The number of rotatable bonds is 6. The molecule has 1 aromatic carbocycles. The summed E-state index contributed by atoms with van der Waals surface area (Å²) in [6, 6.07) is 8.50. The van der Waals surface area contributed by atoms with Crippen LogP contribution >= 0.6 is 0 Å². The molecule has 0 spiro atoms. The maximum absolute atomic E-state index is 11.7. The van der Waals surface area contributed by atoms with E-state index in [9.17, 15) is 4.79 Å². The average molecular weight is 302 g/mol. The number of nitrogens with one attached hydrogen (secondary N) is 2. The zero-order chi connectivity index (χ0) is 15.4. The summed E-state index contributed by atoms with van der Waals surface area (Å²) in [5.74, 6) is 1.04. The maximum atomic E-state index is 11.7. The van der Waals surface area contributed by atoms with Gasteiger partial charge in [0.05, 0.1) is 6.61 Å². The van der Waals surface area contributed by atoms with E-state index in [4.69, 9.17) is 4.74 Å². The van der Waals surface area contributed by atoms with Crippen molar-refractivity contribution < 1.29 is 9.53 Å². The first-order valence-electron chi connectivity index (χ1n) is 8.44. The van der Waals surface area contributed by atoms with Crippen LogP contribution in [0.15, 0.2) is 24.3 Å². The van der Waals surface area contributed by atoms with Crippen molar-refractivity contribution in [1.29, 1.82) is 0 Å². The minimum atomic E-state index is 0.163. The molecule has 3 rings (SSSR count). The number of carbonyl (C=O) groups excluding carboxylic acids is 1. The second kappa shape index (κ2) is 7.25. The Bertz CT molecular complexity index is 490. The first-order valence-corrected chi connectivity index (χ1v) is 8.44. The Balaban J connectivity index is 1.47. The molecule has 1 heterocycles. The van der Waals surface area contributed by atoms with Gasteiger partial charge in [0.25, 0.3) is 0 Å². The van der Waals surface area contributed by atoms with Crippen LogP contribution in [0.25, 0.3) is 0 Å². The van der Waals surface area contributed by atoms with E-state index in [1.165, 1.54) is 18.4 Å². The van der Waals surface area contributed by atoms with Gasteiger partial charge in [-0.15, -0.1) is 0 Å². The van der Waals surface area contributed by atoms with Crippen LogP contribution in [0.2, 0.25) is 0 Å². The lowest BCUT2D eigenvalue weighted by molar-refractivity contribution is -0.117. The normalized spacial score (nSPS) is 23.0. The summed E-state index contributed by atoms with van der Waals surface area (Å²) in [5, 5.41) is 6.57. The Kier molecular flexibility index (Phi) is 5.11. The molecule has 2 aliphatic rings. The monoisotopic (exact) mass is 302 g/mol. The molecule has 0 unspecified atom stereocenters. The Labute approximate surface area is 132 Å². The summed E-state index contributed by atoms with van der Waals surface area (Å²) in [7, 11) is 0. The van der Waals surface area contributed by atoms with Gasteiger partial charge in [-0.2, -0.15) is 0 Å². The molecule has 2 atom stereocenters. The molecule has 1 aromatic rings. The van der Waals surface area contributed by atoms with Crippen molar-refractivity contribution in [3.8, 4) is 0 Å². The molecule has 1 aliphatic heterocycles. The minimum Gasteiger partial charge on any atom is -0.381 e. The molecule has 0 radical (unpaired) electrons. The molecule has 1 aliphatic carbocycles. The van der Waals surface area contributed by atoms with E-state index in [2.05, 4.69) is 29.7 Å². The molecule has 0 bridgehead atoms. The van der Waals surface area contributed by atoms with Crippen LogP contribution in [0.5, 0.6) is 0 Å². The van der Waals surface area contributed by atoms with Gasteiger partial charge in [-0.1, -0.05) is 12.1 Å². The zero-order valence-electron chi connectivity index (χ0n) is 13.3. The third-order valence-corrected chi connectivity index (χ3v) is 4.59. The number of hydrogen-bond donors (Lipinski definition) is 2. The smallest absolute Gasteiger partial charge is 0.227 e. The molecular weight excluding hydrogens is 276 g/mol. The zero-order valence-corrected chi connectivity index (χ0v) is 13.3.